The quantitative estimate of drug-likeness (QED) is 0.681. The third-order valence-corrected chi connectivity index (χ3v) is 2.12. The van der Waals surface area contributed by atoms with Gasteiger partial charge in [-0.05, 0) is 0 Å². The van der Waals surface area contributed by atoms with Gasteiger partial charge in [0.1, 0.15) is 0 Å². The smallest absolute Gasteiger partial charge is 0.223 e. The van der Waals surface area contributed by atoms with E-state index >= 15 is 0 Å². The number of carbonyl (C=O) groups is 1. The molecule has 1 unspecified atom stereocenters. The molecule has 7 nitrogen and oxygen atoms in total. The number of rotatable bonds is 3. The molecule has 9 heteroatoms. The summed E-state index contributed by atoms with van der Waals surface area (Å²) >= 11 is -1.49. The highest BCUT2D eigenvalue weighted by Gasteiger charge is 2.03. The van der Waals surface area contributed by atoms with E-state index in [0.717, 1.165) is 11.3 Å². The summed E-state index contributed by atoms with van der Waals surface area (Å²) in [6.45, 7) is 1.32. The van der Waals surface area contributed by atoms with Crippen molar-refractivity contribution in [2.24, 2.45) is 0 Å². The largest absolute Gasteiger partial charge is 0.755 e. The minimum Gasteiger partial charge on any atom is -0.755 e. The van der Waals surface area contributed by atoms with Crippen molar-refractivity contribution in [3.8, 4) is 0 Å². The van der Waals surface area contributed by atoms with Crippen molar-refractivity contribution >= 4 is 38.8 Å². The molecule has 0 spiro atoms. The molecule has 0 saturated carbocycles. The average molecular weight is 221 g/mol. The molecule has 1 atom stereocenters. The predicted octanol–water partition coefficient (Wildman–Crippen LogP) is -0.298. The van der Waals surface area contributed by atoms with Crippen molar-refractivity contribution < 1.29 is 13.6 Å². The van der Waals surface area contributed by atoms with E-state index in [2.05, 4.69) is 15.5 Å². The van der Waals surface area contributed by atoms with Gasteiger partial charge in [-0.1, -0.05) is 11.3 Å². The Morgan fingerprint density at radius 3 is 2.69 bits per heavy atom. The predicted molar refractivity (Wildman–Crippen MR) is 46.8 cm³/mol. The second-order valence-electron chi connectivity index (χ2n) is 1.93. The third-order valence-electron chi connectivity index (χ3n) is 0.879. The first-order valence-electron chi connectivity index (χ1n) is 3.05. The van der Waals surface area contributed by atoms with E-state index in [1.54, 1.807) is 0 Å². The van der Waals surface area contributed by atoms with Gasteiger partial charge in [-0.25, -0.2) is 0 Å². The molecule has 72 valence electrons. The number of nitrogens with one attached hydrogen (secondary N) is 2. The van der Waals surface area contributed by atoms with E-state index in [1.165, 1.54) is 6.92 Å². The molecular formula is C4H5N4O3S2-. The van der Waals surface area contributed by atoms with E-state index in [1.807, 2.05) is 4.72 Å². The standard InChI is InChI=1S/C4H6N4O3S2/c1-2(9)5-3-6-7-4(12-3)8-13(10)11/h1H3,(H,7,8)(H,10,11)(H,5,6,9)/p-1. The van der Waals surface area contributed by atoms with Gasteiger partial charge in [0.05, 0.1) is 0 Å². The zero-order chi connectivity index (χ0) is 9.84. The lowest BCUT2D eigenvalue weighted by Crippen LogP contribution is -2.04. The van der Waals surface area contributed by atoms with Crippen molar-refractivity contribution in [1.29, 1.82) is 0 Å². The maximum absolute atomic E-state index is 10.5. The summed E-state index contributed by atoms with van der Waals surface area (Å²) in [5, 5.41) is 9.69. The highest BCUT2D eigenvalue weighted by molar-refractivity contribution is 7.80. The van der Waals surface area contributed by atoms with E-state index < -0.39 is 11.3 Å². The molecule has 0 aromatic carbocycles. The first-order chi connectivity index (χ1) is 6.08. The summed E-state index contributed by atoms with van der Waals surface area (Å²) in [7, 11) is 0. The molecule has 0 saturated heterocycles. The Hall–Kier alpha value is -1.06. The van der Waals surface area contributed by atoms with Gasteiger partial charge in [0.25, 0.3) is 0 Å². The Labute approximate surface area is 80.0 Å². The van der Waals surface area contributed by atoms with Gasteiger partial charge < -0.3 is 9.87 Å². The van der Waals surface area contributed by atoms with Crippen molar-refractivity contribution in [3.05, 3.63) is 0 Å². The lowest BCUT2D eigenvalue weighted by atomic mass is 10.7. The monoisotopic (exact) mass is 221 g/mol. The third kappa shape index (κ3) is 3.44. The zero-order valence-electron chi connectivity index (χ0n) is 6.44. The Bertz CT molecular complexity index is 307. The molecule has 0 fully saturated rings. The molecule has 0 aliphatic rings. The van der Waals surface area contributed by atoms with E-state index in [9.17, 15) is 13.6 Å². The molecule has 0 radical (unpaired) electrons. The highest BCUT2D eigenvalue weighted by atomic mass is 32.2. The minimum absolute atomic E-state index is 0.108. The topological polar surface area (TPSA) is 107 Å². The van der Waals surface area contributed by atoms with Crippen LogP contribution >= 0.6 is 11.3 Å². The number of nitrogens with zero attached hydrogens (tertiary/aromatic N) is 2. The van der Waals surface area contributed by atoms with Crippen LogP contribution in [0.15, 0.2) is 0 Å². The Morgan fingerprint density at radius 1 is 1.54 bits per heavy atom. The molecule has 0 aliphatic carbocycles. The van der Waals surface area contributed by atoms with Gasteiger partial charge in [-0.15, -0.1) is 10.2 Å². The van der Waals surface area contributed by atoms with Crippen molar-refractivity contribution in [2.75, 3.05) is 10.0 Å². The number of hydrogen-bond acceptors (Lipinski definition) is 6. The maximum Gasteiger partial charge on any atom is 0.223 e. The lowest BCUT2D eigenvalue weighted by molar-refractivity contribution is -0.114. The summed E-state index contributed by atoms with van der Waals surface area (Å²) in [5.74, 6) is -0.286. The van der Waals surface area contributed by atoms with Gasteiger partial charge in [0, 0.05) is 18.2 Å². The SMILES string of the molecule is CC(=O)Nc1nnc(NS(=O)[O-])s1. The first kappa shape index (κ1) is 10.0. The first-order valence-corrected chi connectivity index (χ1v) is 4.94. The molecule has 2 N–H and O–H groups in total. The number of carbonyl (C=O) groups excluding carboxylic acids is 1. The highest BCUT2D eigenvalue weighted by Crippen LogP contribution is 2.19. The van der Waals surface area contributed by atoms with Crippen molar-refractivity contribution in [3.63, 3.8) is 0 Å². The molecule has 1 aromatic heterocycles. The summed E-state index contributed by atoms with van der Waals surface area (Å²) in [6, 6.07) is 0. The number of amides is 1. The number of hydrogen-bond donors (Lipinski definition) is 2. The van der Waals surface area contributed by atoms with Crippen LogP contribution in [0, 0.1) is 0 Å². The lowest BCUT2D eigenvalue weighted by Gasteiger charge is -2.01. The second-order valence-corrected chi connectivity index (χ2v) is 3.58. The van der Waals surface area contributed by atoms with Crippen LogP contribution in [0.4, 0.5) is 10.3 Å². The van der Waals surface area contributed by atoms with E-state index in [-0.39, 0.29) is 16.2 Å². The summed E-state index contributed by atoms with van der Waals surface area (Å²) < 4.78 is 22.3. The van der Waals surface area contributed by atoms with Crippen molar-refractivity contribution in [1.82, 2.24) is 10.2 Å². The van der Waals surface area contributed by atoms with Crippen LogP contribution in [0.25, 0.3) is 0 Å². The molecule has 0 bridgehead atoms. The Morgan fingerprint density at radius 2 is 2.15 bits per heavy atom. The Kier molecular flexibility index (Phi) is 3.28. The number of aromatic nitrogens is 2. The zero-order valence-corrected chi connectivity index (χ0v) is 8.07. The van der Waals surface area contributed by atoms with Gasteiger partial charge >= 0.3 is 0 Å². The molecule has 0 aliphatic heterocycles. The van der Waals surface area contributed by atoms with Gasteiger partial charge in [-0.2, -0.15) is 0 Å². The molecular weight excluding hydrogens is 216 g/mol. The molecule has 1 heterocycles. The van der Waals surface area contributed by atoms with Crippen LogP contribution in [0.2, 0.25) is 0 Å². The Balaban J connectivity index is 2.63. The fraction of sp³-hybridized carbons (Fsp3) is 0.250. The fourth-order valence-corrected chi connectivity index (χ4v) is 1.63. The summed E-state index contributed by atoms with van der Waals surface area (Å²) in [6.07, 6.45) is 0. The number of anilines is 2. The maximum atomic E-state index is 10.5. The molecule has 1 amide bonds. The van der Waals surface area contributed by atoms with E-state index in [4.69, 9.17) is 0 Å². The fourth-order valence-electron chi connectivity index (χ4n) is 0.537. The van der Waals surface area contributed by atoms with Crippen LogP contribution in [-0.2, 0) is 16.1 Å². The van der Waals surface area contributed by atoms with E-state index in [0.29, 0.717) is 0 Å². The summed E-state index contributed by atoms with van der Waals surface area (Å²) in [5.41, 5.74) is 0. The van der Waals surface area contributed by atoms with Gasteiger partial charge in [0.2, 0.25) is 16.2 Å². The van der Waals surface area contributed by atoms with Gasteiger partial charge in [-0.3, -0.25) is 13.7 Å². The van der Waals surface area contributed by atoms with Crippen LogP contribution in [-0.4, -0.2) is 24.9 Å². The van der Waals surface area contributed by atoms with Crippen LogP contribution in [0.1, 0.15) is 6.92 Å². The molecule has 1 rings (SSSR count). The van der Waals surface area contributed by atoms with Gasteiger partial charge in [0.15, 0.2) is 0 Å². The minimum atomic E-state index is -2.42. The van der Waals surface area contributed by atoms with Crippen LogP contribution in [0.5, 0.6) is 0 Å². The molecule has 13 heavy (non-hydrogen) atoms. The average Bonchev–Trinajstić information content (AvgIpc) is 2.33. The second kappa shape index (κ2) is 4.25. The van der Waals surface area contributed by atoms with Crippen molar-refractivity contribution in [2.45, 2.75) is 6.92 Å². The normalized spacial score (nSPS) is 12.2. The van der Waals surface area contributed by atoms with Crippen LogP contribution in [0.3, 0.4) is 0 Å². The molecule has 1 aromatic rings. The van der Waals surface area contributed by atoms with Crippen LogP contribution < -0.4 is 10.0 Å². The summed E-state index contributed by atoms with van der Waals surface area (Å²) in [4.78, 5) is 10.5.